The Kier molecular flexibility index (Phi) is 5.71. The molecule has 17 heavy (non-hydrogen) atoms. The van der Waals surface area contributed by atoms with Crippen LogP contribution in [0.5, 0.6) is 0 Å². The largest absolute Gasteiger partial charge is 0.385 e. The van der Waals surface area contributed by atoms with Crippen LogP contribution in [0.1, 0.15) is 6.42 Å². The topological polar surface area (TPSA) is 64.3 Å². The fraction of sp³-hybridized carbons (Fsp3) is 0.364. The first-order valence-corrected chi connectivity index (χ1v) is 5.80. The number of carbonyl (C=O) groups is 1. The Balaban J connectivity index is 2.61. The maximum absolute atomic E-state index is 11.7. The number of hydrogen-bond donors (Lipinski definition) is 2. The number of benzene rings is 1. The lowest BCUT2D eigenvalue weighted by Crippen LogP contribution is -2.36. The van der Waals surface area contributed by atoms with Crippen molar-refractivity contribution in [2.24, 2.45) is 5.73 Å². The maximum atomic E-state index is 11.7. The molecule has 0 aromatic heterocycles. The molecular weight excluding hydrogens is 263 g/mol. The zero-order chi connectivity index (χ0) is 12.8. The minimum absolute atomic E-state index is 0.300. The Morgan fingerprint density at radius 1 is 1.53 bits per heavy atom. The van der Waals surface area contributed by atoms with Gasteiger partial charge in [-0.15, -0.1) is 0 Å². The standard InChI is InChI=1S/C11H14Cl2N2O2/c1-17-5-4-9(14)11(16)15-10-3-2-7(12)6-8(10)13/h2-3,6,9H,4-5,14H2,1H3,(H,15,16). The van der Waals surface area contributed by atoms with Gasteiger partial charge in [-0.25, -0.2) is 0 Å². The van der Waals surface area contributed by atoms with E-state index in [1.54, 1.807) is 25.3 Å². The highest BCUT2D eigenvalue weighted by Crippen LogP contribution is 2.25. The van der Waals surface area contributed by atoms with E-state index in [9.17, 15) is 4.79 Å². The molecular formula is C11H14Cl2N2O2. The first-order valence-electron chi connectivity index (χ1n) is 5.05. The summed E-state index contributed by atoms with van der Waals surface area (Å²) in [7, 11) is 1.56. The number of nitrogens with one attached hydrogen (secondary N) is 1. The van der Waals surface area contributed by atoms with Crippen molar-refractivity contribution in [3.05, 3.63) is 28.2 Å². The van der Waals surface area contributed by atoms with Crippen molar-refractivity contribution >= 4 is 34.8 Å². The first kappa shape index (κ1) is 14.3. The first-order chi connectivity index (χ1) is 8.04. The van der Waals surface area contributed by atoms with Crippen molar-refractivity contribution < 1.29 is 9.53 Å². The lowest BCUT2D eigenvalue weighted by molar-refractivity contribution is -0.117. The summed E-state index contributed by atoms with van der Waals surface area (Å²) in [5.41, 5.74) is 6.16. The molecule has 0 fully saturated rings. The van der Waals surface area contributed by atoms with Crippen LogP contribution in [-0.4, -0.2) is 25.7 Å². The number of carbonyl (C=O) groups excluding carboxylic acids is 1. The van der Waals surface area contributed by atoms with E-state index in [1.165, 1.54) is 0 Å². The van der Waals surface area contributed by atoms with Gasteiger partial charge in [0.1, 0.15) is 0 Å². The third-order valence-electron chi connectivity index (χ3n) is 2.16. The lowest BCUT2D eigenvalue weighted by Gasteiger charge is -2.12. The molecule has 0 radical (unpaired) electrons. The molecule has 94 valence electrons. The summed E-state index contributed by atoms with van der Waals surface area (Å²) < 4.78 is 4.85. The Morgan fingerprint density at radius 2 is 2.24 bits per heavy atom. The molecule has 6 heteroatoms. The van der Waals surface area contributed by atoms with Crippen molar-refractivity contribution in [3.8, 4) is 0 Å². The molecule has 0 aliphatic heterocycles. The molecule has 0 spiro atoms. The number of nitrogens with two attached hydrogens (primary N) is 1. The molecule has 1 rings (SSSR count). The maximum Gasteiger partial charge on any atom is 0.241 e. The lowest BCUT2D eigenvalue weighted by atomic mass is 10.2. The number of rotatable bonds is 5. The molecule has 1 unspecified atom stereocenters. The molecule has 4 nitrogen and oxygen atoms in total. The van der Waals surface area contributed by atoms with E-state index in [2.05, 4.69) is 5.32 Å². The smallest absolute Gasteiger partial charge is 0.241 e. The van der Waals surface area contributed by atoms with E-state index < -0.39 is 6.04 Å². The zero-order valence-electron chi connectivity index (χ0n) is 9.37. The van der Waals surface area contributed by atoms with Crippen LogP contribution in [0.25, 0.3) is 0 Å². The van der Waals surface area contributed by atoms with Gasteiger partial charge in [0.15, 0.2) is 0 Å². The quantitative estimate of drug-likeness (QED) is 0.868. The zero-order valence-corrected chi connectivity index (χ0v) is 10.9. The third-order valence-corrected chi connectivity index (χ3v) is 2.71. The summed E-state index contributed by atoms with van der Waals surface area (Å²) in [4.78, 5) is 11.7. The van der Waals surface area contributed by atoms with Crippen molar-refractivity contribution in [3.63, 3.8) is 0 Å². The summed E-state index contributed by atoms with van der Waals surface area (Å²) in [5, 5.41) is 3.53. The molecule has 0 aliphatic carbocycles. The van der Waals surface area contributed by atoms with Gasteiger partial charge >= 0.3 is 0 Å². The summed E-state index contributed by atoms with van der Waals surface area (Å²) in [6.45, 7) is 0.433. The van der Waals surface area contributed by atoms with Gasteiger partial charge in [0.2, 0.25) is 5.91 Å². The van der Waals surface area contributed by atoms with Crippen LogP contribution in [0, 0.1) is 0 Å². The van der Waals surface area contributed by atoms with E-state index in [0.29, 0.717) is 28.8 Å². The molecule has 0 heterocycles. The summed E-state index contributed by atoms with van der Waals surface area (Å²) >= 11 is 11.7. The van der Waals surface area contributed by atoms with Crippen molar-refractivity contribution in [2.45, 2.75) is 12.5 Å². The van der Waals surface area contributed by atoms with Crippen LogP contribution in [0.15, 0.2) is 18.2 Å². The average Bonchev–Trinajstić information content (AvgIpc) is 2.29. The number of anilines is 1. The molecule has 0 saturated carbocycles. The Bertz CT molecular complexity index is 399. The van der Waals surface area contributed by atoms with E-state index in [4.69, 9.17) is 33.7 Å². The number of methoxy groups -OCH3 is 1. The monoisotopic (exact) mass is 276 g/mol. The van der Waals surface area contributed by atoms with Crippen molar-refractivity contribution in [2.75, 3.05) is 19.0 Å². The van der Waals surface area contributed by atoms with Crippen molar-refractivity contribution in [1.29, 1.82) is 0 Å². The summed E-state index contributed by atoms with van der Waals surface area (Å²) in [6, 6.07) is 4.20. The van der Waals surface area contributed by atoms with Gasteiger partial charge in [-0.2, -0.15) is 0 Å². The molecule has 0 saturated heterocycles. The Labute approximate surface area is 110 Å². The molecule has 3 N–H and O–H groups in total. The minimum Gasteiger partial charge on any atom is -0.385 e. The van der Waals surface area contributed by atoms with Gasteiger partial charge in [0, 0.05) is 18.7 Å². The Morgan fingerprint density at radius 3 is 2.82 bits per heavy atom. The van der Waals surface area contributed by atoms with Gasteiger partial charge in [0.25, 0.3) is 0 Å². The van der Waals surface area contributed by atoms with Crippen LogP contribution in [0.4, 0.5) is 5.69 Å². The fourth-order valence-electron chi connectivity index (χ4n) is 1.19. The highest BCUT2D eigenvalue weighted by atomic mass is 35.5. The van der Waals surface area contributed by atoms with Gasteiger partial charge in [-0.1, -0.05) is 23.2 Å². The number of halogens is 2. The normalized spacial score (nSPS) is 12.2. The average molecular weight is 277 g/mol. The molecule has 0 bridgehead atoms. The fourth-order valence-corrected chi connectivity index (χ4v) is 1.65. The van der Waals surface area contributed by atoms with Gasteiger partial charge in [-0.05, 0) is 24.6 Å². The summed E-state index contributed by atoms with van der Waals surface area (Å²) in [6.07, 6.45) is 0.452. The third kappa shape index (κ3) is 4.52. The number of amides is 1. The molecule has 1 atom stereocenters. The second kappa shape index (κ2) is 6.81. The minimum atomic E-state index is -0.623. The molecule has 0 aliphatic rings. The van der Waals surface area contributed by atoms with E-state index in [-0.39, 0.29) is 5.91 Å². The van der Waals surface area contributed by atoms with E-state index >= 15 is 0 Å². The van der Waals surface area contributed by atoms with Crippen LogP contribution >= 0.6 is 23.2 Å². The predicted octanol–water partition coefficient (Wildman–Crippen LogP) is 2.30. The highest BCUT2D eigenvalue weighted by Gasteiger charge is 2.14. The molecule has 1 aromatic carbocycles. The van der Waals surface area contributed by atoms with Crippen molar-refractivity contribution in [1.82, 2.24) is 0 Å². The van der Waals surface area contributed by atoms with E-state index in [1.807, 2.05) is 0 Å². The van der Waals surface area contributed by atoms with E-state index in [0.717, 1.165) is 0 Å². The molecule has 1 amide bonds. The Hall–Kier alpha value is -0.810. The van der Waals surface area contributed by atoms with Crippen LogP contribution in [0.3, 0.4) is 0 Å². The van der Waals surface area contributed by atoms with Gasteiger partial charge in [0.05, 0.1) is 16.8 Å². The SMILES string of the molecule is COCCC(N)C(=O)Nc1ccc(Cl)cc1Cl. The van der Waals surface area contributed by atoms with Gasteiger partial charge < -0.3 is 15.8 Å². The van der Waals surface area contributed by atoms with Crippen LogP contribution in [0.2, 0.25) is 10.0 Å². The molecule has 1 aromatic rings. The van der Waals surface area contributed by atoms with Crippen LogP contribution < -0.4 is 11.1 Å². The number of hydrogen-bond acceptors (Lipinski definition) is 3. The number of ether oxygens (including phenoxy) is 1. The second-order valence-electron chi connectivity index (χ2n) is 3.50. The van der Waals surface area contributed by atoms with Gasteiger partial charge in [-0.3, -0.25) is 4.79 Å². The van der Waals surface area contributed by atoms with Crippen LogP contribution in [-0.2, 0) is 9.53 Å². The predicted molar refractivity (Wildman–Crippen MR) is 69.6 cm³/mol. The summed E-state index contributed by atoms with van der Waals surface area (Å²) in [5.74, 6) is -0.300. The second-order valence-corrected chi connectivity index (χ2v) is 4.35. The highest BCUT2D eigenvalue weighted by molar-refractivity contribution is 6.36.